The quantitative estimate of drug-likeness (QED) is 0.651. The number of rotatable bonds is 11. The molecule has 0 radical (unpaired) electrons. The first-order valence-electron chi connectivity index (χ1n) is 7.66. The fourth-order valence-electron chi connectivity index (χ4n) is 2.09. The lowest BCUT2D eigenvalue weighted by Crippen LogP contribution is -2.29. The molecule has 6 nitrogen and oxygen atoms in total. The molecule has 1 aromatic rings. The van der Waals surface area contributed by atoms with E-state index in [1.165, 1.54) is 12.4 Å². The van der Waals surface area contributed by atoms with Crippen LogP contribution < -0.4 is 4.72 Å². The Labute approximate surface area is 127 Å². The molecular formula is C14H27N3O3S. The maximum atomic E-state index is 12.2. The van der Waals surface area contributed by atoms with E-state index < -0.39 is 10.0 Å². The molecule has 0 aliphatic heterocycles. The Morgan fingerprint density at radius 3 is 2.76 bits per heavy atom. The van der Waals surface area contributed by atoms with Crippen molar-refractivity contribution in [3.05, 3.63) is 12.4 Å². The molecule has 0 aliphatic carbocycles. The lowest BCUT2D eigenvalue weighted by atomic mass is 10.00. The zero-order chi connectivity index (χ0) is 15.7. The van der Waals surface area contributed by atoms with E-state index in [1.54, 1.807) is 4.68 Å². The van der Waals surface area contributed by atoms with Crippen LogP contribution in [0.1, 0.15) is 46.0 Å². The average molecular weight is 317 g/mol. The maximum Gasteiger partial charge on any atom is 0.243 e. The van der Waals surface area contributed by atoms with Crippen LogP contribution in [-0.4, -0.2) is 36.5 Å². The van der Waals surface area contributed by atoms with Crippen molar-refractivity contribution in [1.82, 2.24) is 14.5 Å². The Balaban J connectivity index is 2.57. The molecule has 21 heavy (non-hydrogen) atoms. The number of aryl methyl sites for hydroxylation is 1. The van der Waals surface area contributed by atoms with E-state index in [1.807, 2.05) is 0 Å². The first-order chi connectivity index (χ1) is 10.0. The number of aliphatic hydroxyl groups is 1. The molecule has 1 aromatic heterocycles. The van der Waals surface area contributed by atoms with Crippen molar-refractivity contribution in [2.24, 2.45) is 5.92 Å². The van der Waals surface area contributed by atoms with Gasteiger partial charge in [-0.2, -0.15) is 5.10 Å². The van der Waals surface area contributed by atoms with Crippen molar-refractivity contribution >= 4 is 10.0 Å². The first kappa shape index (κ1) is 18.1. The number of aromatic nitrogens is 2. The summed E-state index contributed by atoms with van der Waals surface area (Å²) in [7, 11) is -3.49. The Bertz CT molecular complexity index is 499. The molecule has 0 amide bonds. The molecule has 1 heterocycles. The van der Waals surface area contributed by atoms with Crippen LogP contribution in [0.15, 0.2) is 17.3 Å². The van der Waals surface area contributed by atoms with Crippen LogP contribution in [0.5, 0.6) is 0 Å². The van der Waals surface area contributed by atoms with Gasteiger partial charge in [0.05, 0.1) is 6.20 Å². The maximum absolute atomic E-state index is 12.2. The van der Waals surface area contributed by atoms with Crippen molar-refractivity contribution in [1.29, 1.82) is 0 Å². The number of sulfonamides is 1. The highest BCUT2D eigenvalue weighted by Crippen LogP contribution is 2.13. The monoisotopic (exact) mass is 317 g/mol. The van der Waals surface area contributed by atoms with Gasteiger partial charge >= 0.3 is 0 Å². The third-order valence-electron chi connectivity index (χ3n) is 3.57. The molecule has 0 saturated carbocycles. The Morgan fingerprint density at radius 1 is 1.38 bits per heavy atom. The molecule has 1 unspecified atom stereocenters. The van der Waals surface area contributed by atoms with Crippen LogP contribution in [0.4, 0.5) is 0 Å². The Morgan fingerprint density at radius 2 is 2.14 bits per heavy atom. The van der Waals surface area contributed by atoms with E-state index in [4.69, 9.17) is 5.11 Å². The van der Waals surface area contributed by atoms with E-state index in [0.29, 0.717) is 25.4 Å². The van der Waals surface area contributed by atoms with Gasteiger partial charge in [0.15, 0.2) is 0 Å². The summed E-state index contributed by atoms with van der Waals surface area (Å²) >= 11 is 0. The summed E-state index contributed by atoms with van der Waals surface area (Å²) in [4.78, 5) is 0.186. The van der Waals surface area contributed by atoms with Gasteiger partial charge in [0.2, 0.25) is 10.0 Å². The second kappa shape index (κ2) is 9.17. The number of nitrogens with zero attached hydrogens (tertiary/aromatic N) is 2. The lowest BCUT2D eigenvalue weighted by molar-refractivity contribution is 0.277. The molecule has 122 valence electrons. The van der Waals surface area contributed by atoms with E-state index in [9.17, 15) is 8.42 Å². The van der Waals surface area contributed by atoms with Crippen LogP contribution in [0.2, 0.25) is 0 Å². The highest BCUT2D eigenvalue weighted by atomic mass is 32.2. The van der Waals surface area contributed by atoms with Crippen LogP contribution in [0, 0.1) is 5.92 Å². The fraction of sp³-hybridized carbons (Fsp3) is 0.786. The zero-order valence-electron chi connectivity index (χ0n) is 13.0. The van der Waals surface area contributed by atoms with Gasteiger partial charge in [0.25, 0.3) is 0 Å². The van der Waals surface area contributed by atoms with Gasteiger partial charge in [0, 0.05) is 25.9 Å². The van der Waals surface area contributed by atoms with Gasteiger partial charge in [-0.1, -0.05) is 33.1 Å². The third-order valence-corrected chi connectivity index (χ3v) is 4.95. The number of aliphatic hydroxyl groups excluding tert-OH is 1. The Hall–Kier alpha value is -0.920. The van der Waals surface area contributed by atoms with Gasteiger partial charge in [0.1, 0.15) is 4.90 Å². The van der Waals surface area contributed by atoms with Gasteiger partial charge in [-0.25, -0.2) is 13.1 Å². The van der Waals surface area contributed by atoms with Crippen molar-refractivity contribution in [2.45, 2.75) is 57.4 Å². The van der Waals surface area contributed by atoms with Gasteiger partial charge < -0.3 is 5.11 Å². The topological polar surface area (TPSA) is 84.2 Å². The summed E-state index contributed by atoms with van der Waals surface area (Å²) in [5.74, 6) is 0.379. The normalized spacial score (nSPS) is 13.5. The van der Waals surface area contributed by atoms with Gasteiger partial charge in [-0.05, 0) is 18.8 Å². The second-order valence-corrected chi connectivity index (χ2v) is 7.05. The highest BCUT2D eigenvalue weighted by molar-refractivity contribution is 7.89. The molecule has 0 saturated heterocycles. The number of unbranched alkanes of at least 4 members (excludes halogenated alkanes) is 1. The van der Waals surface area contributed by atoms with E-state index in [0.717, 1.165) is 25.7 Å². The summed E-state index contributed by atoms with van der Waals surface area (Å²) in [5, 5.41) is 12.8. The van der Waals surface area contributed by atoms with E-state index >= 15 is 0 Å². The summed E-state index contributed by atoms with van der Waals surface area (Å²) in [6.45, 7) is 5.27. The lowest BCUT2D eigenvalue weighted by Gasteiger charge is -2.14. The molecule has 0 aromatic carbocycles. The summed E-state index contributed by atoms with van der Waals surface area (Å²) in [6.07, 6.45) is 7.69. The smallest absolute Gasteiger partial charge is 0.243 e. The minimum absolute atomic E-state index is 0.0653. The third kappa shape index (κ3) is 6.15. The molecule has 7 heteroatoms. The van der Waals surface area contributed by atoms with E-state index in [2.05, 4.69) is 23.7 Å². The van der Waals surface area contributed by atoms with Crippen molar-refractivity contribution in [3.8, 4) is 0 Å². The predicted molar refractivity (Wildman–Crippen MR) is 82.4 cm³/mol. The van der Waals surface area contributed by atoms with Gasteiger partial charge in [-0.3, -0.25) is 4.68 Å². The molecule has 2 N–H and O–H groups in total. The fourth-order valence-corrected chi connectivity index (χ4v) is 3.16. The molecule has 1 atom stereocenters. The minimum Gasteiger partial charge on any atom is -0.396 e. The predicted octanol–water partition coefficient (Wildman–Crippen LogP) is 1.76. The van der Waals surface area contributed by atoms with Crippen LogP contribution >= 0.6 is 0 Å². The summed E-state index contributed by atoms with van der Waals surface area (Å²) < 4.78 is 28.6. The molecule has 0 aliphatic rings. The second-order valence-electron chi connectivity index (χ2n) is 5.28. The largest absolute Gasteiger partial charge is 0.396 e. The van der Waals surface area contributed by atoms with Crippen molar-refractivity contribution in [2.75, 3.05) is 13.2 Å². The van der Waals surface area contributed by atoms with Crippen LogP contribution in [0.25, 0.3) is 0 Å². The van der Waals surface area contributed by atoms with Gasteiger partial charge in [-0.15, -0.1) is 0 Å². The standard InChI is InChI=1S/C14H27N3O3S/c1-3-5-7-13(4-2)10-16-21(19,20)14-11-15-17(12-14)8-6-9-18/h11-13,16,18H,3-10H2,1-2H3. The molecule has 0 spiro atoms. The number of nitrogens with one attached hydrogen (secondary N) is 1. The zero-order valence-corrected chi connectivity index (χ0v) is 13.8. The molecule has 1 rings (SSSR count). The average Bonchev–Trinajstić information content (AvgIpc) is 2.95. The summed E-state index contributed by atoms with van der Waals surface area (Å²) in [6, 6.07) is 0. The first-order valence-corrected chi connectivity index (χ1v) is 9.14. The van der Waals surface area contributed by atoms with Crippen molar-refractivity contribution in [3.63, 3.8) is 0 Å². The molecular weight excluding hydrogens is 290 g/mol. The highest BCUT2D eigenvalue weighted by Gasteiger charge is 2.18. The summed E-state index contributed by atoms with van der Waals surface area (Å²) in [5.41, 5.74) is 0. The van der Waals surface area contributed by atoms with E-state index in [-0.39, 0.29) is 11.5 Å². The molecule has 0 bridgehead atoms. The SMILES string of the molecule is CCCCC(CC)CNS(=O)(=O)c1cnn(CCCO)c1. The minimum atomic E-state index is -3.49. The van der Waals surface area contributed by atoms with Crippen LogP contribution in [-0.2, 0) is 16.6 Å². The van der Waals surface area contributed by atoms with Crippen LogP contribution in [0.3, 0.4) is 0 Å². The number of hydrogen-bond donors (Lipinski definition) is 2. The Kier molecular flexibility index (Phi) is 7.92. The molecule has 0 fully saturated rings. The van der Waals surface area contributed by atoms with Crippen molar-refractivity contribution < 1.29 is 13.5 Å². The number of hydrogen-bond acceptors (Lipinski definition) is 4.